The molecule has 0 aliphatic heterocycles. The second-order valence-corrected chi connectivity index (χ2v) is 6.81. The van der Waals surface area contributed by atoms with Gasteiger partial charge in [-0.1, -0.05) is 29.8 Å². The molecule has 2 rings (SSSR count). The summed E-state index contributed by atoms with van der Waals surface area (Å²) in [6.45, 7) is 3.71. The summed E-state index contributed by atoms with van der Waals surface area (Å²) in [4.78, 5) is 3.66. The lowest BCUT2D eigenvalue weighted by molar-refractivity contribution is 0.392. The Labute approximate surface area is 124 Å². The fourth-order valence-electron chi connectivity index (χ4n) is 1.96. The van der Waals surface area contributed by atoms with Crippen LogP contribution in [-0.2, 0) is 10.0 Å². The van der Waals surface area contributed by atoms with Gasteiger partial charge >= 0.3 is 0 Å². The molecule has 0 bridgehead atoms. The van der Waals surface area contributed by atoms with Gasteiger partial charge in [0.2, 0.25) is 5.03 Å². The van der Waals surface area contributed by atoms with Crippen molar-refractivity contribution in [3.8, 4) is 0 Å². The van der Waals surface area contributed by atoms with E-state index in [0.29, 0.717) is 0 Å². The number of hydrogen-bond donors (Lipinski definition) is 0. The van der Waals surface area contributed by atoms with Crippen LogP contribution >= 0.6 is 0 Å². The average Bonchev–Trinajstić information content (AvgIpc) is 2.46. The van der Waals surface area contributed by atoms with Crippen molar-refractivity contribution in [2.75, 3.05) is 7.05 Å². The molecule has 4 nitrogen and oxygen atoms in total. The number of hydrogen-bond acceptors (Lipinski definition) is 3. The van der Waals surface area contributed by atoms with E-state index in [1.54, 1.807) is 6.92 Å². The zero-order valence-corrected chi connectivity index (χ0v) is 12.9. The maximum Gasteiger partial charge on any atom is 0.263 e. The third kappa shape index (κ3) is 3.11. The number of aryl methyl sites for hydroxylation is 1. The van der Waals surface area contributed by atoms with E-state index in [1.165, 1.54) is 19.3 Å². The van der Waals surface area contributed by atoms with Crippen molar-refractivity contribution in [2.24, 2.45) is 0 Å². The predicted molar refractivity (Wildman–Crippen MR) is 78.7 cm³/mol. The Hall–Kier alpha value is -1.79. The van der Waals surface area contributed by atoms with Crippen molar-refractivity contribution < 1.29 is 12.8 Å². The van der Waals surface area contributed by atoms with Crippen molar-refractivity contribution in [3.63, 3.8) is 0 Å². The molecule has 1 heterocycles. The molecule has 1 aromatic carbocycles. The van der Waals surface area contributed by atoms with Crippen molar-refractivity contribution >= 4 is 10.0 Å². The maximum atomic E-state index is 13.7. The van der Waals surface area contributed by atoms with Gasteiger partial charge in [0.05, 0.1) is 0 Å². The van der Waals surface area contributed by atoms with Crippen LogP contribution in [0.3, 0.4) is 0 Å². The third-order valence-corrected chi connectivity index (χ3v) is 5.32. The van der Waals surface area contributed by atoms with E-state index in [4.69, 9.17) is 0 Å². The first-order valence-electron chi connectivity index (χ1n) is 6.49. The molecule has 0 saturated carbocycles. The van der Waals surface area contributed by atoms with Gasteiger partial charge in [-0.2, -0.15) is 4.31 Å². The normalized spacial score (nSPS) is 13.4. The minimum absolute atomic E-state index is 0.419. The highest BCUT2D eigenvalue weighted by Gasteiger charge is 2.29. The molecule has 1 aromatic heterocycles. The minimum atomic E-state index is -3.98. The van der Waals surface area contributed by atoms with Gasteiger partial charge in [0.1, 0.15) is 0 Å². The van der Waals surface area contributed by atoms with Crippen LogP contribution in [0.1, 0.15) is 24.1 Å². The maximum absolute atomic E-state index is 13.7. The molecule has 0 aliphatic rings. The van der Waals surface area contributed by atoms with Gasteiger partial charge < -0.3 is 0 Å². The van der Waals surface area contributed by atoms with E-state index in [9.17, 15) is 12.8 Å². The Balaban J connectivity index is 2.36. The van der Waals surface area contributed by atoms with Crippen molar-refractivity contribution in [1.82, 2.24) is 9.29 Å². The Bertz CT molecular complexity index is 730. The number of benzene rings is 1. The first kappa shape index (κ1) is 15.6. The Morgan fingerprint density at radius 1 is 1.19 bits per heavy atom. The number of rotatable bonds is 4. The highest BCUT2D eigenvalue weighted by Crippen LogP contribution is 2.26. The average molecular weight is 308 g/mol. The topological polar surface area (TPSA) is 50.3 Å². The summed E-state index contributed by atoms with van der Waals surface area (Å²) in [6.07, 6.45) is 1.26. The summed E-state index contributed by atoms with van der Waals surface area (Å²) < 4.78 is 39.7. The van der Waals surface area contributed by atoms with Gasteiger partial charge in [0, 0.05) is 19.3 Å². The van der Waals surface area contributed by atoms with Gasteiger partial charge in [0.25, 0.3) is 10.0 Å². The lowest BCUT2D eigenvalue weighted by Crippen LogP contribution is -2.31. The lowest BCUT2D eigenvalue weighted by atomic mass is 10.1. The summed E-state index contributed by atoms with van der Waals surface area (Å²) >= 11 is 0. The van der Waals surface area contributed by atoms with Crippen LogP contribution in [0.25, 0.3) is 0 Å². The van der Waals surface area contributed by atoms with E-state index in [-0.39, 0.29) is 0 Å². The van der Waals surface area contributed by atoms with Crippen LogP contribution in [0.4, 0.5) is 4.39 Å². The molecule has 0 fully saturated rings. The Kier molecular flexibility index (Phi) is 4.39. The first-order chi connectivity index (χ1) is 9.84. The fourth-order valence-corrected chi connectivity index (χ4v) is 3.28. The largest absolute Gasteiger partial charge is 0.263 e. The van der Waals surface area contributed by atoms with Gasteiger partial charge in [-0.05, 0) is 31.5 Å². The van der Waals surface area contributed by atoms with E-state index in [2.05, 4.69) is 4.98 Å². The van der Waals surface area contributed by atoms with Gasteiger partial charge in [-0.25, -0.2) is 17.8 Å². The highest BCUT2D eigenvalue weighted by molar-refractivity contribution is 7.89. The zero-order valence-electron chi connectivity index (χ0n) is 12.1. The highest BCUT2D eigenvalue weighted by atomic mass is 32.2. The summed E-state index contributed by atoms with van der Waals surface area (Å²) in [6, 6.07) is 9.57. The van der Waals surface area contributed by atoms with E-state index >= 15 is 0 Å². The number of sulfonamides is 1. The van der Waals surface area contributed by atoms with Crippen molar-refractivity contribution in [3.05, 3.63) is 59.5 Å². The molecule has 0 N–H and O–H groups in total. The summed E-state index contributed by atoms with van der Waals surface area (Å²) in [5.74, 6) is -0.847. The lowest BCUT2D eigenvalue weighted by Gasteiger charge is -2.24. The number of nitrogens with zero attached hydrogens (tertiary/aromatic N) is 2. The first-order valence-corrected chi connectivity index (χ1v) is 7.93. The molecule has 6 heteroatoms. The van der Waals surface area contributed by atoms with E-state index in [1.807, 2.05) is 31.2 Å². The molecule has 0 saturated heterocycles. The van der Waals surface area contributed by atoms with Gasteiger partial charge in [-0.15, -0.1) is 0 Å². The van der Waals surface area contributed by atoms with Crippen molar-refractivity contribution in [2.45, 2.75) is 24.9 Å². The fraction of sp³-hybridized carbons (Fsp3) is 0.267. The Morgan fingerprint density at radius 2 is 1.81 bits per heavy atom. The van der Waals surface area contributed by atoms with Crippen LogP contribution in [0.2, 0.25) is 0 Å². The SMILES string of the molecule is Cc1ccc(C(C)N(C)S(=O)(=O)c2ncccc2F)cc1. The molecule has 0 radical (unpaired) electrons. The summed E-state index contributed by atoms with van der Waals surface area (Å²) in [5.41, 5.74) is 1.93. The van der Waals surface area contributed by atoms with Crippen LogP contribution in [-0.4, -0.2) is 24.8 Å². The second-order valence-electron chi connectivity index (χ2n) is 4.90. The molecule has 0 aliphatic carbocycles. The second kappa shape index (κ2) is 5.91. The molecule has 0 amide bonds. The van der Waals surface area contributed by atoms with E-state index in [0.717, 1.165) is 21.5 Å². The molecule has 112 valence electrons. The molecular weight excluding hydrogens is 291 g/mol. The molecule has 21 heavy (non-hydrogen) atoms. The third-order valence-electron chi connectivity index (χ3n) is 3.45. The smallest absolute Gasteiger partial charge is 0.241 e. The zero-order chi connectivity index (χ0) is 15.6. The standard InChI is InChI=1S/C15H17FN2O2S/c1-11-6-8-13(9-7-11)12(2)18(3)21(19,20)15-14(16)5-4-10-17-15/h4-10,12H,1-3H3. The van der Waals surface area contributed by atoms with E-state index < -0.39 is 26.9 Å². The van der Waals surface area contributed by atoms with Crippen LogP contribution in [0.15, 0.2) is 47.6 Å². The summed E-state index contributed by atoms with van der Waals surface area (Å²) in [7, 11) is -2.56. The van der Waals surface area contributed by atoms with Crippen molar-refractivity contribution in [1.29, 1.82) is 0 Å². The number of pyridine rings is 1. The van der Waals surface area contributed by atoms with Crippen LogP contribution in [0, 0.1) is 12.7 Å². The summed E-state index contributed by atoms with van der Waals surface area (Å²) in [5, 5.41) is -0.550. The van der Waals surface area contributed by atoms with Crippen LogP contribution < -0.4 is 0 Å². The monoisotopic (exact) mass is 308 g/mol. The van der Waals surface area contributed by atoms with Gasteiger partial charge in [0.15, 0.2) is 5.82 Å². The molecule has 1 unspecified atom stereocenters. The number of halogens is 1. The molecule has 2 aromatic rings. The Morgan fingerprint density at radius 3 is 2.38 bits per heavy atom. The molecule has 1 atom stereocenters. The van der Waals surface area contributed by atoms with Crippen LogP contribution in [0.5, 0.6) is 0 Å². The molecular formula is C15H17FN2O2S. The predicted octanol–water partition coefficient (Wildman–Crippen LogP) is 2.91. The van der Waals surface area contributed by atoms with Gasteiger partial charge in [-0.3, -0.25) is 0 Å². The quantitative estimate of drug-likeness (QED) is 0.872. The number of aromatic nitrogens is 1. The molecule has 0 spiro atoms. The minimum Gasteiger partial charge on any atom is -0.241 e.